The van der Waals surface area contributed by atoms with Crippen molar-refractivity contribution < 1.29 is 9.59 Å². The van der Waals surface area contributed by atoms with Crippen molar-refractivity contribution in [2.45, 2.75) is 33.1 Å². The van der Waals surface area contributed by atoms with E-state index < -0.39 is 0 Å². The molecule has 1 heterocycles. The lowest BCUT2D eigenvalue weighted by atomic mass is 9.97. The summed E-state index contributed by atoms with van der Waals surface area (Å²) >= 11 is 0. The lowest BCUT2D eigenvalue weighted by Crippen LogP contribution is -2.50. The fourth-order valence-electron chi connectivity index (χ4n) is 3.18. The van der Waals surface area contributed by atoms with Crippen molar-refractivity contribution >= 4 is 11.9 Å². The number of carbonyl (C=O) groups excluding carboxylic acids is 2. The molecule has 1 N–H and O–H groups in total. The Morgan fingerprint density at radius 2 is 1.92 bits per heavy atom. The van der Waals surface area contributed by atoms with Crippen LogP contribution in [0.1, 0.15) is 32.3 Å². The van der Waals surface area contributed by atoms with E-state index in [1.807, 2.05) is 41.8 Å². The summed E-state index contributed by atoms with van der Waals surface area (Å²) in [6.07, 6.45) is 2.59. The highest BCUT2D eigenvalue weighted by molar-refractivity contribution is 5.80. The van der Waals surface area contributed by atoms with Gasteiger partial charge in [0.2, 0.25) is 5.91 Å². The van der Waals surface area contributed by atoms with Crippen molar-refractivity contribution in [3.63, 3.8) is 0 Å². The Labute approximate surface area is 145 Å². The molecule has 1 aromatic rings. The van der Waals surface area contributed by atoms with Crippen LogP contribution in [0.5, 0.6) is 0 Å². The summed E-state index contributed by atoms with van der Waals surface area (Å²) in [4.78, 5) is 28.5. The van der Waals surface area contributed by atoms with Crippen molar-refractivity contribution in [1.29, 1.82) is 0 Å². The van der Waals surface area contributed by atoms with E-state index >= 15 is 0 Å². The Bertz CT molecular complexity index is 529. The standard InChI is InChI=1S/C19H29N3O2/c1-3-21(4-2)19(24)22-14-8-11-17(15-22)18(23)20-13-12-16-9-6-5-7-10-16/h5-7,9-10,17H,3-4,8,11-15H2,1-2H3,(H,20,23)/t17-/m1/s1. The van der Waals surface area contributed by atoms with Gasteiger partial charge in [-0.1, -0.05) is 30.3 Å². The lowest BCUT2D eigenvalue weighted by molar-refractivity contribution is -0.126. The Hall–Kier alpha value is -2.04. The average molecular weight is 331 g/mol. The molecule has 5 nitrogen and oxygen atoms in total. The zero-order valence-corrected chi connectivity index (χ0v) is 14.8. The second kappa shape index (κ2) is 9.30. The van der Waals surface area contributed by atoms with Crippen LogP contribution in [0.3, 0.4) is 0 Å². The number of hydrogen-bond acceptors (Lipinski definition) is 2. The van der Waals surface area contributed by atoms with Gasteiger partial charge in [-0.15, -0.1) is 0 Å². The molecule has 2 rings (SSSR count). The second-order valence-electron chi connectivity index (χ2n) is 6.27. The predicted molar refractivity (Wildman–Crippen MR) is 95.8 cm³/mol. The van der Waals surface area contributed by atoms with Gasteiger partial charge < -0.3 is 15.1 Å². The number of hydrogen-bond donors (Lipinski definition) is 1. The van der Waals surface area contributed by atoms with Gasteiger partial charge in [0.15, 0.2) is 0 Å². The number of nitrogens with one attached hydrogen (secondary N) is 1. The highest BCUT2D eigenvalue weighted by atomic mass is 16.2. The Morgan fingerprint density at radius 1 is 1.21 bits per heavy atom. The number of likely N-dealkylation sites (tertiary alicyclic amines) is 1. The smallest absolute Gasteiger partial charge is 0.320 e. The molecule has 0 bridgehead atoms. The minimum atomic E-state index is -0.0889. The molecule has 0 saturated carbocycles. The maximum Gasteiger partial charge on any atom is 0.320 e. The molecule has 1 aliphatic rings. The first-order valence-corrected chi connectivity index (χ1v) is 9.01. The summed E-state index contributed by atoms with van der Waals surface area (Å²) in [6.45, 7) is 7.32. The number of carbonyl (C=O) groups is 2. The minimum absolute atomic E-state index is 0.0572. The maximum absolute atomic E-state index is 12.4. The molecule has 1 aromatic carbocycles. The van der Waals surface area contributed by atoms with Gasteiger partial charge in [0.1, 0.15) is 0 Å². The highest BCUT2D eigenvalue weighted by Gasteiger charge is 2.29. The topological polar surface area (TPSA) is 52.7 Å². The summed E-state index contributed by atoms with van der Waals surface area (Å²) in [5.74, 6) is -0.0167. The molecule has 0 spiro atoms. The van der Waals surface area contributed by atoms with Crippen molar-refractivity contribution in [2.24, 2.45) is 5.92 Å². The van der Waals surface area contributed by atoms with E-state index in [2.05, 4.69) is 17.4 Å². The van der Waals surface area contributed by atoms with E-state index in [4.69, 9.17) is 0 Å². The van der Waals surface area contributed by atoms with Gasteiger partial charge >= 0.3 is 6.03 Å². The average Bonchev–Trinajstić information content (AvgIpc) is 2.63. The SMILES string of the molecule is CCN(CC)C(=O)N1CCC[C@@H](C(=O)NCCc2ccccc2)C1. The number of amides is 3. The predicted octanol–water partition coefficient (Wildman–Crippen LogP) is 2.52. The van der Waals surface area contributed by atoms with Crippen LogP contribution in [0.4, 0.5) is 4.79 Å². The lowest BCUT2D eigenvalue weighted by Gasteiger charge is -2.35. The Morgan fingerprint density at radius 3 is 2.58 bits per heavy atom. The number of benzene rings is 1. The molecule has 0 aliphatic carbocycles. The largest absolute Gasteiger partial charge is 0.355 e. The third kappa shape index (κ3) is 4.98. The van der Waals surface area contributed by atoms with Crippen LogP contribution >= 0.6 is 0 Å². The summed E-state index contributed by atoms with van der Waals surface area (Å²) < 4.78 is 0. The van der Waals surface area contributed by atoms with Gasteiger partial charge in [0.05, 0.1) is 5.92 Å². The van der Waals surface area contributed by atoms with Crippen LogP contribution in [0, 0.1) is 5.92 Å². The quantitative estimate of drug-likeness (QED) is 0.871. The molecule has 0 radical (unpaired) electrons. The van der Waals surface area contributed by atoms with Crippen LogP contribution in [0.25, 0.3) is 0 Å². The van der Waals surface area contributed by atoms with Crippen molar-refractivity contribution in [3.8, 4) is 0 Å². The molecular weight excluding hydrogens is 302 g/mol. The number of piperidine rings is 1. The van der Waals surface area contributed by atoms with E-state index in [1.165, 1.54) is 5.56 Å². The van der Waals surface area contributed by atoms with Crippen LogP contribution < -0.4 is 5.32 Å². The normalized spacial score (nSPS) is 17.4. The van der Waals surface area contributed by atoms with Gasteiger partial charge in [-0.05, 0) is 38.7 Å². The third-order valence-corrected chi connectivity index (χ3v) is 4.65. The van der Waals surface area contributed by atoms with Gasteiger partial charge in [-0.3, -0.25) is 4.79 Å². The first-order chi connectivity index (χ1) is 11.7. The van der Waals surface area contributed by atoms with Crippen molar-refractivity contribution in [3.05, 3.63) is 35.9 Å². The molecule has 1 aliphatic heterocycles. The molecule has 0 aromatic heterocycles. The Balaban J connectivity index is 1.80. The summed E-state index contributed by atoms with van der Waals surface area (Å²) in [5.41, 5.74) is 1.22. The summed E-state index contributed by atoms with van der Waals surface area (Å²) in [6, 6.07) is 10.2. The molecule has 3 amide bonds. The van der Waals surface area contributed by atoms with Gasteiger partial charge in [-0.25, -0.2) is 4.79 Å². The van der Waals surface area contributed by atoms with Crippen molar-refractivity contribution in [2.75, 3.05) is 32.7 Å². The summed E-state index contributed by atoms with van der Waals surface area (Å²) in [5, 5.41) is 3.03. The first-order valence-electron chi connectivity index (χ1n) is 9.01. The number of nitrogens with zero attached hydrogens (tertiary/aromatic N) is 2. The van der Waals surface area contributed by atoms with E-state index in [9.17, 15) is 9.59 Å². The van der Waals surface area contributed by atoms with E-state index in [-0.39, 0.29) is 17.9 Å². The third-order valence-electron chi connectivity index (χ3n) is 4.65. The zero-order chi connectivity index (χ0) is 17.4. The number of rotatable bonds is 6. The highest BCUT2D eigenvalue weighted by Crippen LogP contribution is 2.18. The molecule has 1 atom stereocenters. The zero-order valence-electron chi connectivity index (χ0n) is 14.8. The fraction of sp³-hybridized carbons (Fsp3) is 0.579. The fourth-order valence-corrected chi connectivity index (χ4v) is 3.18. The van der Waals surface area contributed by atoms with E-state index in [0.29, 0.717) is 26.2 Å². The number of urea groups is 1. The minimum Gasteiger partial charge on any atom is -0.355 e. The van der Waals surface area contributed by atoms with Gasteiger partial charge in [-0.2, -0.15) is 0 Å². The van der Waals surface area contributed by atoms with Crippen LogP contribution in [-0.2, 0) is 11.2 Å². The van der Waals surface area contributed by atoms with E-state index in [0.717, 1.165) is 25.8 Å². The van der Waals surface area contributed by atoms with E-state index in [1.54, 1.807) is 0 Å². The summed E-state index contributed by atoms with van der Waals surface area (Å²) in [7, 11) is 0. The molecule has 5 heteroatoms. The molecule has 132 valence electrons. The molecular formula is C19H29N3O2. The van der Waals surface area contributed by atoms with Crippen LogP contribution in [0.2, 0.25) is 0 Å². The van der Waals surface area contributed by atoms with Crippen LogP contribution in [0.15, 0.2) is 30.3 Å². The van der Waals surface area contributed by atoms with Gasteiger partial charge in [0.25, 0.3) is 0 Å². The van der Waals surface area contributed by atoms with Crippen molar-refractivity contribution in [1.82, 2.24) is 15.1 Å². The molecule has 24 heavy (non-hydrogen) atoms. The first kappa shape index (κ1) is 18.3. The monoisotopic (exact) mass is 331 g/mol. The second-order valence-corrected chi connectivity index (χ2v) is 6.27. The maximum atomic E-state index is 12.4. The molecule has 1 saturated heterocycles. The Kier molecular flexibility index (Phi) is 7.09. The molecule has 0 unspecified atom stereocenters. The van der Waals surface area contributed by atoms with Crippen LogP contribution in [-0.4, -0.2) is 54.5 Å². The molecule has 1 fully saturated rings. The van der Waals surface area contributed by atoms with Gasteiger partial charge in [0, 0.05) is 32.7 Å².